The van der Waals surface area contributed by atoms with Crippen LogP contribution in [0.3, 0.4) is 0 Å². The van der Waals surface area contributed by atoms with Crippen molar-refractivity contribution in [3.63, 3.8) is 0 Å². The first-order valence-electron chi connectivity index (χ1n) is 7.72. The number of nitrogens with zero attached hydrogens (tertiary/aromatic N) is 4. The zero-order valence-electron chi connectivity index (χ0n) is 12.2. The van der Waals surface area contributed by atoms with Crippen molar-refractivity contribution in [3.8, 4) is 0 Å². The van der Waals surface area contributed by atoms with E-state index >= 15 is 0 Å². The quantitative estimate of drug-likeness (QED) is 0.862. The first kappa shape index (κ1) is 12.8. The minimum atomic E-state index is 0.642. The van der Waals surface area contributed by atoms with E-state index in [0.717, 1.165) is 26.2 Å². The van der Waals surface area contributed by atoms with Crippen molar-refractivity contribution in [1.29, 1.82) is 0 Å². The fourth-order valence-corrected chi connectivity index (χ4v) is 2.85. The van der Waals surface area contributed by atoms with E-state index < -0.39 is 0 Å². The Hall–Kier alpha value is -1.94. The van der Waals surface area contributed by atoms with Crippen molar-refractivity contribution in [2.24, 2.45) is 4.99 Å². The molecular formula is C17H20N4. The van der Waals surface area contributed by atoms with Crippen molar-refractivity contribution in [2.75, 3.05) is 19.6 Å². The monoisotopic (exact) mass is 280 g/mol. The van der Waals surface area contributed by atoms with Gasteiger partial charge in [-0.05, 0) is 18.4 Å². The van der Waals surface area contributed by atoms with Gasteiger partial charge in [-0.25, -0.2) is 0 Å². The van der Waals surface area contributed by atoms with Crippen LogP contribution in [0, 0.1) is 0 Å². The summed E-state index contributed by atoms with van der Waals surface area (Å²) in [4.78, 5) is 7.17. The van der Waals surface area contributed by atoms with Crippen LogP contribution in [0.25, 0.3) is 0 Å². The molecule has 0 unspecified atom stereocenters. The van der Waals surface area contributed by atoms with Gasteiger partial charge in [0.1, 0.15) is 0 Å². The molecule has 4 nitrogen and oxygen atoms in total. The minimum absolute atomic E-state index is 0.642. The summed E-state index contributed by atoms with van der Waals surface area (Å²) in [6.45, 7) is 3.84. The molecule has 0 N–H and O–H groups in total. The second kappa shape index (κ2) is 5.45. The topological polar surface area (TPSA) is 33.4 Å². The Morgan fingerprint density at radius 1 is 1.14 bits per heavy atom. The normalized spacial score (nSPS) is 19.5. The molecular weight excluding hydrogens is 260 g/mol. The average molecular weight is 280 g/mol. The lowest BCUT2D eigenvalue weighted by molar-refractivity contribution is 0.302. The number of hydrogen-bond acceptors (Lipinski definition) is 3. The maximum Gasteiger partial charge on any atom is 0.0593 e. The summed E-state index contributed by atoms with van der Waals surface area (Å²) in [5.41, 5.74) is 3.75. The summed E-state index contributed by atoms with van der Waals surface area (Å²) in [5, 5.41) is 4.48. The molecule has 0 atom stereocenters. The van der Waals surface area contributed by atoms with E-state index in [4.69, 9.17) is 4.99 Å². The molecule has 1 aliphatic carbocycles. The van der Waals surface area contributed by atoms with Crippen molar-refractivity contribution < 1.29 is 0 Å². The SMILES string of the molecule is c1ccc(CN2CCN=C(c3cnn(C4CC4)c3)C2)cc1. The molecule has 1 aromatic carbocycles. The predicted octanol–water partition coefficient (Wildman–Crippen LogP) is 2.52. The largest absolute Gasteiger partial charge is 0.291 e. The number of benzene rings is 1. The van der Waals surface area contributed by atoms with Crippen LogP contribution >= 0.6 is 0 Å². The number of aliphatic imine (C=N–C) groups is 1. The van der Waals surface area contributed by atoms with Crippen LogP contribution in [-0.4, -0.2) is 40.0 Å². The predicted molar refractivity (Wildman–Crippen MR) is 83.6 cm³/mol. The van der Waals surface area contributed by atoms with Crippen molar-refractivity contribution >= 4 is 5.71 Å². The van der Waals surface area contributed by atoms with Crippen molar-refractivity contribution in [3.05, 3.63) is 53.9 Å². The standard InChI is InChI=1S/C17H20N4/c1-2-4-14(5-3-1)11-20-9-8-18-17(13-20)15-10-19-21(12-15)16-6-7-16/h1-5,10,12,16H,6-9,11,13H2. The lowest BCUT2D eigenvalue weighted by atomic mass is 10.1. The second-order valence-electron chi connectivity index (χ2n) is 5.96. The third-order valence-corrected chi connectivity index (χ3v) is 4.20. The molecule has 0 bridgehead atoms. The molecule has 2 aromatic rings. The molecule has 0 amide bonds. The molecule has 4 rings (SSSR count). The first-order valence-corrected chi connectivity index (χ1v) is 7.72. The molecule has 1 aliphatic heterocycles. The Morgan fingerprint density at radius 2 is 2.00 bits per heavy atom. The van der Waals surface area contributed by atoms with Gasteiger partial charge in [-0.1, -0.05) is 30.3 Å². The first-order chi connectivity index (χ1) is 10.4. The molecule has 4 heteroatoms. The van der Waals surface area contributed by atoms with Gasteiger partial charge < -0.3 is 0 Å². The van der Waals surface area contributed by atoms with Gasteiger partial charge in [0.25, 0.3) is 0 Å². The van der Waals surface area contributed by atoms with Crippen LogP contribution in [-0.2, 0) is 6.54 Å². The molecule has 0 saturated heterocycles. The maximum absolute atomic E-state index is 4.71. The summed E-state index contributed by atoms with van der Waals surface area (Å²) in [6.07, 6.45) is 6.69. The zero-order chi connectivity index (χ0) is 14.1. The molecule has 21 heavy (non-hydrogen) atoms. The number of hydrogen-bond donors (Lipinski definition) is 0. The van der Waals surface area contributed by atoms with Crippen LogP contribution in [0.5, 0.6) is 0 Å². The van der Waals surface area contributed by atoms with Crippen molar-refractivity contribution in [1.82, 2.24) is 14.7 Å². The van der Waals surface area contributed by atoms with Gasteiger partial charge in [0.05, 0.1) is 24.5 Å². The van der Waals surface area contributed by atoms with Crippen LogP contribution in [0.1, 0.15) is 30.0 Å². The molecule has 0 spiro atoms. The van der Waals surface area contributed by atoms with Gasteiger partial charge in [-0.3, -0.25) is 14.6 Å². The second-order valence-corrected chi connectivity index (χ2v) is 5.96. The maximum atomic E-state index is 4.71. The zero-order valence-corrected chi connectivity index (χ0v) is 12.2. The molecule has 2 aliphatic rings. The van der Waals surface area contributed by atoms with E-state index in [2.05, 4.69) is 51.2 Å². The van der Waals surface area contributed by atoms with Gasteiger partial charge >= 0.3 is 0 Å². The van der Waals surface area contributed by atoms with Gasteiger partial charge in [-0.15, -0.1) is 0 Å². The van der Waals surface area contributed by atoms with E-state index in [9.17, 15) is 0 Å². The summed E-state index contributed by atoms with van der Waals surface area (Å²) in [6, 6.07) is 11.3. The van der Waals surface area contributed by atoms with Gasteiger partial charge in [-0.2, -0.15) is 5.10 Å². The van der Waals surface area contributed by atoms with E-state index in [0.29, 0.717) is 6.04 Å². The summed E-state index contributed by atoms with van der Waals surface area (Å²) in [7, 11) is 0. The summed E-state index contributed by atoms with van der Waals surface area (Å²) in [5.74, 6) is 0. The highest BCUT2D eigenvalue weighted by atomic mass is 15.3. The Balaban J connectivity index is 1.45. The lowest BCUT2D eigenvalue weighted by Gasteiger charge is -2.26. The van der Waals surface area contributed by atoms with E-state index in [1.165, 1.54) is 29.7 Å². The van der Waals surface area contributed by atoms with Crippen LogP contribution < -0.4 is 0 Å². The fourth-order valence-electron chi connectivity index (χ4n) is 2.85. The highest BCUT2D eigenvalue weighted by Crippen LogP contribution is 2.34. The molecule has 1 aromatic heterocycles. The van der Waals surface area contributed by atoms with E-state index in [1.54, 1.807) is 0 Å². The Kier molecular flexibility index (Phi) is 3.31. The molecule has 0 radical (unpaired) electrons. The summed E-state index contributed by atoms with van der Waals surface area (Å²) < 4.78 is 2.11. The van der Waals surface area contributed by atoms with Crippen LogP contribution in [0.15, 0.2) is 47.7 Å². The highest BCUT2D eigenvalue weighted by molar-refractivity contribution is 6.02. The molecule has 1 saturated carbocycles. The fraction of sp³-hybridized carbons (Fsp3) is 0.412. The molecule has 2 heterocycles. The molecule has 1 fully saturated rings. The van der Waals surface area contributed by atoms with E-state index in [-0.39, 0.29) is 0 Å². The minimum Gasteiger partial charge on any atom is -0.291 e. The van der Waals surface area contributed by atoms with Gasteiger partial charge in [0.2, 0.25) is 0 Å². The van der Waals surface area contributed by atoms with Gasteiger partial charge in [0.15, 0.2) is 0 Å². The third-order valence-electron chi connectivity index (χ3n) is 4.20. The molecule has 108 valence electrons. The Morgan fingerprint density at radius 3 is 2.81 bits per heavy atom. The van der Waals surface area contributed by atoms with Crippen LogP contribution in [0.4, 0.5) is 0 Å². The smallest absolute Gasteiger partial charge is 0.0593 e. The number of rotatable bonds is 4. The average Bonchev–Trinajstić information content (AvgIpc) is 3.26. The van der Waals surface area contributed by atoms with Crippen molar-refractivity contribution in [2.45, 2.75) is 25.4 Å². The Bertz CT molecular complexity index is 640. The summed E-state index contributed by atoms with van der Waals surface area (Å²) >= 11 is 0. The number of aromatic nitrogens is 2. The highest BCUT2D eigenvalue weighted by Gasteiger charge is 2.25. The van der Waals surface area contributed by atoms with Gasteiger partial charge in [0, 0.05) is 31.4 Å². The van der Waals surface area contributed by atoms with Crippen LogP contribution in [0.2, 0.25) is 0 Å². The van der Waals surface area contributed by atoms with E-state index in [1.807, 2.05) is 6.20 Å². The third kappa shape index (κ3) is 2.90. The lowest BCUT2D eigenvalue weighted by Crippen LogP contribution is -2.36. The Labute approximate surface area is 125 Å².